The van der Waals surface area contributed by atoms with E-state index in [1.807, 2.05) is 0 Å². The Morgan fingerprint density at radius 3 is 2.34 bits per heavy atom. The summed E-state index contributed by atoms with van der Waals surface area (Å²) in [5.41, 5.74) is 0.686. The first-order chi connectivity index (χ1) is 15.0. The summed E-state index contributed by atoms with van der Waals surface area (Å²) < 4.78 is 31.3. The molecule has 10 heteroatoms. The summed E-state index contributed by atoms with van der Waals surface area (Å²) >= 11 is 0. The molecular weight excluding hydrogens is 434 g/mol. The van der Waals surface area contributed by atoms with E-state index in [0.717, 1.165) is 0 Å². The minimum absolute atomic E-state index is 0.0526. The number of esters is 1. The van der Waals surface area contributed by atoms with Crippen molar-refractivity contribution >= 4 is 39.2 Å². The number of nitrogens with one attached hydrogen (secondary N) is 2. The highest BCUT2D eigenvalue weighted by atomic mass is 32.2. The molecule has 9 nitrogen and oxygen atoms in total. The maximum Gasteiger partial charge on any atom is 0.328 e. The van der Waals surface area contributed by atoms with Crippen LogP contribution < -0.4 is 10.0 Å². The number of ketones is 1. The van der Waals surface area contributed by atoms with Crippen LogP contribution in [0.5, 0.6) is 0 Å². The Labute approximate surface area is 185 Å². The molecule has 0 saturated heterocycles. The van der Waals surface area contributed by atoms with Crippen LogP contribution in [0.3, 0.4) is 0 Å². The number of rotatable bonds is 6. The Morgan fingerprint density at radius 2 is 1.69 bits per heavy atom. The Kier molecular flexibility index (Phi) is 6.45. The molecule has 1 amide bonds. The summed E-state index contributed by atoms with van der Waals surface area (Å²) in [5, 5.41) is 2.76. The van der Waals surface area contributed by atoms with Crippen LogP contribution in [-0.4, -0.2) is 45.1 Å². The second-order valence-electron chi connectivity index (χ2n) is 8.13. The molecule has 2 aromatic rings. The Balaban J connectivity index is 1.54. The number of ether oxygens (including phenoxy) is 1. The van der Waals surface area contributed by atoms with E-state index in [1.54, 1.807) is 51.1 Å². The molecule has 0 saturated carbocycles. The largest absolute Gasteiger partial charge is 0.456 e. The minimum Gasteiger partial charge on any atom is -0.456 e. The lowest BCUT2D eigenvalue weighted by atomic mass is 9.95. The highest BCUT2D eigenvalue weighted by Crippen LogP contribution is 2.22. The standard InChI is InChI=1S/C22H23N3O6S/c1-22(2,3)21(28)24-15-10-8-14(9-11-15)17(26)13-31-19(27)12-23-20-16-6-4-5-7-18(16)32(29,30)25-20/h4-11H,12-13H2,1-3H3,(H,23,25)(H,24,28). The highest BCUT2D eigenvalue weighted by molar-refractivity contribution is 7.90. The summed E-state index contributed by atoms with van der Waals surface area (Å²) in [6, 6.07) is 12.5. The van der Waals surface area contributed by atoms with E-state index in [2.05, 4.69) is 15.0 Å². The van der Waals surface area contributed by atoms with Crippen LogP contribution in [0.1, 0.15) is 36.7 Å². The number of anilines is 1. The quantitative estimate of drug-likeness (QED) is 0.505. The summed E-state index contributed by atoms with van der Waals surface area (Å²) in [6.07, 6.45) is 0. The summed E-state index contributed by atoms with van der Waals surface area (Å²) in [7, 11) is -3.70. The molecule has 0 radical (unpaired) electrons. The second-order valence-corrected chi connectivity index (χ2v) is 9.78. The van der Waals surface area contributed by atoms with E-state index < -0.39 is 40.3 Å². The molecule has 32 heavy (non-hydrogen) atoms. The van der Waals surface area contributed by atoms with Crippen LogP contribution in [-0.2, 0) is 24.3 Å². The van der Waals surface area contributed by atoms with Crippen LogP contribution >= 0.6 is 0 Å². The van der Waals surface area contributed by atoms with Crippen molar-refractivity contribution in [2.24, 2.45) is 10.4 Å². The van der Waals surface area contributed by atoms with Gasteiger partial charge in [-0.05, 0) is 36.4 Å². The fourth-order valence-corrected chi connectivity index (χ4v) is 3.98. The third-order valence-corrected chi connectivity index (χ3v) is 5.94. The van der Waals surface area contributed by atoms with Gasteiger partial charge in [0.15, 0.2) is 12.4 Å². The third-order valence-electron chi connectivity index (χ3n) is 4.54. The van der Waals surface area contributed by atoms with Crippen LogP contribution in [0.2, 0.25) is 0 Å². The van der Waals surface area contributed by atoms with Crippen molar-refractivity contribution in [3.8, 4) is 0 Å². The molecule has 0 fully saturated rings. The maximum absolute atomic E-state index is 12.3. The number of amides is 1. The van der Waals surface area contributed by atoms with Crippen molar-refractivity contribution in [3.63, 3.8) is 0 Å². The molecule has 0 atom stereocenters. The van der Waals surface area contributed by atoms with E-state index in [-0.39, 0.29) is 16.6 Å². The summed E-state index contributed by atoms with van der Waals surface area (Å²) in [6.45, 7) is 4.44. The summed E-state index contributed by atoms with van der Waals surface area (Å²) in [4.78, 5) is 40.3. The molecule has 0 aromatic heterocycles. The molecule has 0 bridgehead atoms. The number of amidine groups is 1. The van der Waals surface area contributed by atoms with Gasteiger partial charge in [-0.1, -0.05) is 32.9 Å². The van der Waals surface area contributed by atoms with Crippen molar-refractivity contribution < 1.29 is 27.5 Å². The monoisotopic (exact) mass is 457 g/mol. The van der Waals surface area contributed by atoms with Crippen LogP contribution in [0.15, 0.2) is 58.4 Å². The van der Waals surface area contributed by atoms with Crippen LogP contribution in [0.25, 0.3) is 0 Å². The van der Waals surface area contributed by atoms with Crippen LogP contribution in [0, 0.1) is 5.41 Å². The van der Waals surface area contributed by atoms with E-state index in [0.29, 0.717) is 16.8 Å². The first-order valence-corrected chi connectivity index (χ1v) is 11.2. The van der Waals surface area contributed by atoms with Gasteiger partial charge >= 0.3 is 5.97 Å². The van der Waals surface area contributed by atoms with Crippen molar-refractivity contribution in [1.82, 2.24) is 4.72 Å². The number of benzene rings is 2. The van der Waals surface area contributed by atoms with Gasteiger partial charge in [0, 0.05) is 22.2 Å². The Hall–Kier alpha value is -3.53. The Bertz CT molecular complexity index is 1190. The molecule has 3 rings (SSSR count). The van der Waals surface area contributed by atoms with Gasteiger partial charge in [-0.15, -0.1) is 0 Å². The van der Waals surface area contributed by atoms with Crippen LogP contribution in [0.4, 0.5) is 5.69 Å². The molecule has 168 valence electrons. The number of Topliss-reactive ketones (excluding diaryl/α,β-unsaturated/α-hetero) is 1. The predicted molar refractivity (Wildman–Crippen MR) is 118 cm³/mol. The van der Waals surface area contributed by atoms with Gasteiger partial charge < -0.3 is 10.1 Å². The minimum atomic E-state index is -3.70. The topological polar surface area (TPSA) is 131 Å². The zero-order chi connectivity index (χ0) is 23.5. The van der Waals surface area contributed by atoms with E-state index in [1.165, 1.54) is 18.2 Å². The van der Waals surface area contributed by atoms with Gasteiger partial charge in [-0.3, -0.25) is 24.1 Å². The molecule has 2 N–H and O–H groups in total. The van der Waals surface area contributed by atoms with Gasteiger partial charge in [0.05, 0.1) is 4.90 Å². The number of fused-ring (bicyclic) bond motifs is 1. The van der Waals surface area contributed by atoms with Gasteiger partial charge in [0.1, 0.15) is 12.4 Å². The maximum atomic E-state index is 12.3. The molecule has 0 spiro atoms. The second kappa shape index (κ2) is 8.91. The van der Waals surface area contributed by atoms with Crippen molar-refractivity contribution in [1.29, 1.82) is 0 Å². The lowest BCUT2D eigenvalue weighted by Gasteiger charge is -2.17. The average molecular weight is 458 g/mol. The SMILES string of the molecule is CC(C)(C)C(=O)Nc1ccc(C(=O)COC(=O)CN=C2NS(=O)(=O)c3ccccc32)cc1. The third kappa shape index (κ3) is 5.38. The zero-order valence-corrected chi connectivity index (χ0v) is 18.7. The number of carbonyl (C=O) groups excluding carboxylic acids is 3. The number of hydrogen-bond donors (Lipinski definition) is 2. The van der Waals surface area contributed by atoms with Gasteiger partial charge in [0.2, 0.25) is 5.91 Å². The molecule has 0 aliphatic carbocycles. The van der Waals surface area contributed by atoms with E-state index in [4.69, 9.17) is 4.74 Å². The highest BCUT2D eigenvalue weighted by Gasteiger charge is 2.30. The number of carbonyl (C=O) groups is 3. The molecule has 1 aliphatic heterocycles. The molecule has 2 aromatic carbocycles. The molecule has 0 unspecified atom stereocenters. The number of sulfonamides is 1. The van der Waals surface area contributed by atoms with E-state index >= 15 is 0 Å². The van der Waals surface area contributed by atoms with Gasteiger partial charge in [-0.2, -0.15) is 0 Å². The fourth-order valence-electron chi connectivity index (χ4n) is 2.73. The lowest BCUT2D eigenvalue weighted by molar-refractivity contribution is -0.140. The molecule has 1 heterocycles. The first-order valence-electron chi connectivity index (χ1n) is 9.74. The number of hydrogen-bond acceptors (Lipinski definition) is 7. The van der Waals surface area contributed by atoms with E-state index in [9.17, 15) is 22.8 Å². The summed E-state index contributed by atoms with van der Waals surface area (Å²) in [5.74, 6) is -1.30. The normalized spacial score (nSPS) is 15.5. The predicted octanol–water partition coefficient (Wildman–Crippen LogP) is 2.14. The van der Waals surface area contributed by atoms with Crippen molar-refractivity contribution in [3.05, 3.63) is 59.7 Å². The van der Waals surface area contributed by atoms with Gasteiger partial charge in [0.25, 0.3) is 10.0 Å². The Morgan fingerprint density at radius 1 is 1.03 bits per heavy atom. The van der Waals surface area contributed by atoms with Gasteiger partial charge in [-0.25, -0.2) is 8.42 Å². The average Bonchev–Trinajstić information content (AvgIpc) is 3.01. The smallest absolute Gasteiger partial charge is 0.328 e. The van der Waals surface area contributed by atoms with Crippen molar-refractivity contribution in [2.75, 3.05) is 18.5 Å². The zero-order valence-electron chi connectivity index (χ0n) is 17.8. The molecule has 1 aliphatic rings. The number of nitrogens with zero attached hydrogens (tertiary/aromatic N) is 1. The first kappa shape index (κ1) is 23.1. The van der Waals surface area contributed by atoms with Crippen molar-refractivity contribution in [2.45, 2.75) is 25.7 Å². The molecular formula is C22H23N3O6S. The number of aliphatic imine (C=N–C) groups is 1. The fraction of sp³-hybridized carbons (Fsp3) is 0.273. The lowest BCUT2D eigenvalue weighted by Crippen LogP contribution is -2.27.